The van der Waals surface area contributed by atoms with Gasteiger partial charge in [0.1, 0.15) is 0 Å². The van der Waals surface area contributed by atoms with Crippen molar-refractivity contribution in [1.29, 1.82) is 0 Å². The first-order chi connectivity index (χ1) is 14.7. The molecule has 0 aliphatic heterocycles. The van der Waals surface area contributed by atoms with Crippen molar-refractivity contribution in [2.24, 2.45) is 0 Å². The molecule has 3 aromatic carbocycles. The zero-order valence-electron chi connectivity index (χ0n) is 17.5. The molecular weight excluding hydrogens is 374 g/mol. The molecule has 0 bridgehead atoms. The van der Waals surface area contributed by atoms with E-state index in [0.717, 1.165) is 72.1 Å². The lowest BCUT2D eigenvalue weighted by Crippen LogP contribution is -2.25. The molecule has 0 aliphatic rings. The van der Waals surface area contributed by atoms with Crippen molar-refractivity contribution in [3.8, 4) is 0 Å². The first-order valence-corrected chi connectivity index (χ1v) is 11.1. The minimum Gasteiger partial charge on any atom is -0.481 e. The predicted octanol–water partition coefficient (Wildman–Crippen LogP) is 6.32. The minimum absolute atomic E-state index is 0.00132. The summed E-state index contributed by atoms with van der Waals surface area (Å²) in [7, 11) is 0. The number of carboxylic acid groups (broad SMARTS) is 1. The number of amides is 1. The lowest BCUT2D eigenvalue weighted by atomic mass is 9.96. The highest BCUT2D eigenvalue weighted by molar-refractivity contribution is 6.18. The van der Waals surface area contributed by atoms with Gasteiger partial charge in [-0.25, -0.2) is 0 Å². The monoisotopic (exact) mass is 405 g/mol. The molecule has 0 heterocycles. The Bertz CT molecular complexity index is 942. The highest BCUT2D eigenvalue weighted by atomic mass is 16.4. The zero-order chi connectivity index (χ0) is 21.2. The number of nitrogens with one attached hydrogen (secondary N) is 1. The zero-order valence-corrected chi connectivity index (χ0v) is 17.5. The number of hydrogen-bond acceptors (Lipinski definition) is 2. The van der Waals surface area contributed by atoms with Crippen molar-refractivity contribution >= 4 is 33.4 Å². The fraction of sp³-hybridized carbons (Fsp3) is 0.385. The Balaban J connectivity index is 1.44. The van der Waals surface area contributed by atoms with Gasteiger partial charge >= 0.3 is 5.97 Å². The summed E-state index contributed by atoms with van der Waals surface area (Å²) in [4.78, 5) is 23.5. The maximum Gasteiger partial charge on any atom is 0.303 e. The lowest BCUT2D eigenvalue weighted by Gasteiger charge is -2.12. The van der Waals surface area contributed by atoms with E-state index in [1.54, 1.807) is 0 Å². The van der Waals surface area contributed by atoms with E-state index in [2.05, 4.69) is 23.5 Å². The van der Waals surface area contributed by atoms with Crippen LogP contribution in [0.15, 0.2) is 54.6 Å². The van der Waals surface area contributed by atoms with Crippen LogP contribution in [0.25, 0.3) is 21.5 Å². The number of rotatable bonds is 12. The van der Waals surface area contributed by atoms with E-state index in [1.165, 1.54) is 6.42 Å². The summed E-state index contributed by atoms with van der Waals surface area (Å²) in [6, 6.07) is 18.3. The van der Waals surface area contributed by atoms with Gasteiger partial charge in [0.05, 0.1) is 5.56 Å². The summed E-state index contributed by atoms with van der Waals surface area (Å²) >= 11 is 0. The van der Waals surface area contributed by atoms with Gasteiger partial charge in [-0.3, -0.25) is 9.59 Å². The Morgan fingerprint density at radius 2 is 1.20 bits per heavy atom. The van der Waals surface area contributed by atoms with Crippen LogP contribution >= 0.6 is 0 Å². The number of carbonyl (C=O) groups excluding carboxylic acids is 1. The van der Waals surface area contributed by atoms with Crippen LogP contribution in [0.1, 0.15) is 68.1 Å². The van der Waals surface area contributed by atoms with Crippen molar-refractivity contribution in [2.45, 2.75) is 57.8 Å². The molecule has 2 N–H and O–H groups in total. The summed E-state index contributed by atoms with van der Waals surface area (Å²) in [5, 5.41) is 15.9. The van der Waals surface area contributed by atoms with Crippen LogP contribution < -0.4 is 5.32 Å². The second kappa shape index (κ2) is 11.3. The number of carbonyl (C=O) groups is 2. The third-order valence-electron chi connectivity index (χ3n) is 5.60. The molecule has 0 aromatic heterocycles. The topological polar surface area (TPSA) is 66.4 Å². The summed E-state index contributed by atoms with van der Waals surface area (Å²) < 4.78 is 0. The second-order valence-electron chi connectivity index (χ2n) is 7.92. The van der Waals surface area contributed by atoms with Crippen molar-refractivity contribution in [1.82, 2.24) is 5.32 Å². The van der Waals surface area contributed by atoms with Gasteiger partial charge in [0.2, 0.25) is 0 Å². The fourth-order valence-electron chi connectivity index (χ4n) is 4.01. The van der Waals surface area contributed by atoms with Crippen LogP contribution in [0.3, 0.4) is 0 Å². The highest BCUT2D eigenvalue weighted by Gasteiger charge is 2.14. The normalized spacial score (nSPS) is 11.1. The van der Waals surface area contributed by atoms with Gasteiger partial charge in [-0.1, -0.05) is 87.1 Å². The summed E-state index contributed by atoms with van der Waals surface area (Å²) in [5.74, 6) is -0.699. The molecule has 3 rings (SSSR count). The highest BCUT2D eigenvalue weighted by Crippen LogP contribution is 2.28. The van der Waals surface area contributed by atoms with Crippen molar-refractivity contribution in [2.75, 3.05) is 6.54 Å². The fourth-order valence-corrected chi connectivity index (χ4v) is 4.01. The van der Waals surface area contributed by atoms with E-state index in [0.29, 0.717) is 6.54 Å². The molecule has 0 radical (unpaired) electrons. The number of unbranched alkanes of at least 4 members (excludes halogenated alkanes) is 7. The van der Waals surface area contributed by atoms with Gasteiger partial charge in [0.15, 0.2) is 0 Å². The lowest BCUT2D eigenvalue weighted by molar-refractivity contribution is -0.137. The number of carboxylic acids is 1. The van der Waals surface area contributed by atoms with E-state index < -0.39 is 5.97 Å². The van der Waals surface area contributed by atoms with Gasteiger partial charge in [-0.15, -0.1) is 0 Å². The third-order valence-corrected chi connectivity index (χ3v) is 5.60. The van der Waals surface area contributed by atoms with Gasteiger partial charge in [0, 0.05) is 13.0 Å². The van der Waals surface area contributed by atoms with E-state index in [1.807, 2.05) is 36.4 Å². The van der Waals surface area contributed by atoms with Crippen molar-refractivity contribution in [3.05, 3.63) is 60.2 Å². The molecule has 4 nitrogen and oxygen atoms in total. The summed E-state index contributed by atoms with van der Waals surface area (Å²) in [5.41, 5.74) is 0.769. The largest absolute Gasteiger partial charge is 0.481 e. The molecule has 0 atom stereocenters. The first-order valence-electron chi connectivity index (χ1n) is 11.1. The molecule has 0 saturated carbocycles. The Kier molecular flexibility index (Phi) is 8.25. The smallest absolute Gasteiger partial charge is 0.303 e. The van der Waals surface area contributed by atoms with Crippen molar-refractivity contribution in [3.63, 3.8) is 0 Å². The molecule has 1 amide bonds. The molecule has 30 heavy (non-hydrogen) atoms. The number of fused-ring (bicyclic) bond motifs is 2. The van der Waals surface area contributed by atoms with E-state index in [4.69, 9.17) is 5.11 Å². The number of aliphatic carboxylic acids is 1. The molecule has 0 spiro atoms. The van der Waals surface area contributed by atoms with Crippen LogP contribution in [0.4, 0.5) is 0 Å². The maximum absolute atomic E-state index is 13.0. The Morgan fingerprint density at radius 3 is 1.77 bits per heavy atom. The minimum atomic E-state index is -0.700. The van der Waals surface area contributed by atoms with Gasteiger partial charge in [-0.2, -0.15) is 0 Å². The molecular formula is C26H31NO3. The average molecular weight is 406 g/mol. The van der Waals surface area contributed by atoms with Crippen LogP contribution in [0, 0.1) is 0 Å². The molecule has 0 fully saturated rings. The van der Waals surface area contributed by atoms with Crippen LogP contribution in [-0.2, 0) is 4.79 Å². The molecule has 4 heteroatoms. The Hall–Kier alpha value is -2.88. The summed E-state index contributed by atoms with van der Waals surface area (Å²) in [6.45, 7) is 0.689. The molecule has 0 saturated heterocycles. The Morgan fingerprint density at radius 1 is 0.700 bits per heavy atom. The third kappa shape index (κ3) is 6.06. The quantitative estimate of drug-likeness (QED) is 0.274. The average Bonchev–Trinajstić information content (AvgIpc) is 2.75. The molecule has 3 aromatic rings. The van der Waals surface area contributed by atoms with E-state index in [9.17, 15) is 9.59 Å². The maximum atomic E-state index is 13.0. The molecule has 0 unspecified atom stereocenters. The SMILES string of the molecule is O=C(O)CCCCCCCCCCNC(=O)c1c2ccccc2cc2ccccc12. The molecule has 158 valence electrons. The van der Waals surface area contributed by atoms with Gasteiger partial charge in [0.25, 0.3) is 5.91 Å². The summed E-state index contributed by atoms with van der Waals surface area (Å²) in [6.07, 6.45) is 8.75. The van der Waals surface area contributed by atoms with Gasteiger partial charge < -0.3 is 10.4 Å². The van der Waals surface area contributed by atoms with Crippen LogP contribution in [0.2, 0.25) is 0 Å². The molecule has 0 aliphatic carbocycles. The number of hydrogen-bond donors (Lipinski definition) is 2. The Labute approximate surface area is 178 Å². The van der Waals surface area contributed by atoms with Gasteiger partial charge in [-0.05, 0) is 40.5 Å². The van der Waals surface area contributed by atoms with E-state index in [-0.39, 0.29) is 12.3 Å². The standard InChI is InChI=1S/C26H31NO3/c28-24(29)17-7-5-3-1-2-4-6-12-18-27-26(30)25-22-15-10-8-13-20(22)19-21-14-9-11-16-23(21)25/h8-11,13-16,19H,1-7,12,17-18H2,(H,27,30)(H,28,29). The van der Waals surface area contributed by atoms with E-state index >= 15 is 0 Å². The predicted molar refractivity (Wildman–Crippen MR) is 123 cm³/mol. The first kappa shape index (κ1) is 21.8. The van der Waals surface area contributed by atoms with Crippen LogP contribution in [0.5, 0.6) is 0 Å². The number of benzene rings is 3. The second-order valence-corrected chi connectivity index (χ2v) is 7.92. The van der Waals surface area contributed by atoms with Crippen molar-refractivity contribution < 1.29 is 14.7 Å². The van der Waals surface area contributed by atoms with Crippen LogP contribution in [-0.4, -0.2) is 23.5 Å².